The minimum absolute atomic E-state index is 0.0686. The molecule has 0 saturated heterocycles. The lowest BCUT2D eigenvalue weighted by atomic mass is 10.1. The number of hydrogen-bond donors (Lipinski definition) is 1. The Labute approximate surface area is 167 Å². The highest BCUT2D eigenvalue weighted by molar-refractivity contribution is 7.16. The number of halogens is 2. The van der Waals surface area contributed by atoms with Crippen LogP contribution in [0.1, 0.15) is 17.0 Å². The third kappa shape index (κ3) is 4.82. The summed E-state index contributed by atoms with van der Waals surface area (Å²) < 4.78 is 30.4. The second-order valence-electron chi connectivity index (χ2n) is 5.92. The van der Waals surface area contributed by atoms with Gasteiger partial charge in [0.15, 0.2) is 5.13 Å². The first-order valence-corrected chi connectivity index (χ1v) is 10.0. The molecule has 28 heavy (non-hydrogen) atoms. The molecule has 0 bridgehead atoms. The van der Waals surface area contributed by atoms with Crippen molar-refractivity contribution in [2.24, 2.45) is 0 Å². The fourth-order valence-corrected chi connectivity index (χ4v) is 4.19. The molecule has 2 aromatic heterocycles. The molecule has 1 amide bonds. The van der Waals surface area contributed by atoms with Crippen LogP contribution >= 0.6 is 22.7 Å². The molecule has 148 valence electrons. The van der Waals surface area contributed by atoms with E-state index < -0.39 is 6.61 Å². The van der Waals surface area contributed by atoms with Gasteiger partial charge in [-0.1, -0.05) is 11.3 Å². The first-order valence-electron chi connectivity index (χ1n) is 8.31. The van der Waals surface area contributed by atoms with Gasteiger partial charge >= 0.3 is 11.5 Å². The van der Waals surface area contributed by atoms with E-state index in [1.165, 1.54) is 23.5 Å². The number of alkyl halides is 2. The Bertz CT molecular complexity index is 1030. The molecule has 1 N–H and O–H groups in total. The standard InChI is InChI=1S/C18H17F2N3O3S2/c1-10-9-27-18(25)23(10)8-7-14(24)21-17-22-15(11(2)28-17)12-3-5-13(6-4-12)26-16(19)20/h3-6,9,16H,7-8H2,1-2H3,(H,21,22,24). The number of carbonyl (C=O) groups is 1. The van der Waals surface area contributed by atoms with Crippen molar-refractivity contribution in [2.45, 2.75) is 33.4 Å². The number of nitrogens with zero attached hydrogens (tertiary/aromatic N) is 2. The highest BCUT2D eigenvalue weighted by atomic mass is 32.1. The fraction of sp³-hybridized carbons (Fsp3) is 0.278. The van der Waals surface area contributed by atoms with Gasteiger partial charge in [-0.3, -0.25) is 9.59 Å². The number of aryl methyl sites for hydroxylation is 2. The summed E-state index contributed by atoms with van der Waals surface area (Å²) in [7, 11) is 0. The van der Waals surface area contributed by atoms with E-state index in [-0.39, 0.29) is 23.0 Å². The lowest BCUT2D eigenvalue weighted by molar-refractivity contribution is -0.116. The fourth-order valence-electron chi connectivity index (χ4n) is 2.58. The SMILES string of the molecule is Cc1sc(NC(=O)CCn2c(C)csc2=O)nc1-c1ccc(OC(F)F)cc1. The van der Waals surface area contributed by atoms with E-state index in [9.17, 15) is 18.4 Å². The Hall–Kier alpha value is -2.59. The second kappa shape index (κ2) is 8.61. The topological polar surface area (TPSA) is 73.2 Å². The van der Waals surface area contributed by atoms with Crippen LogP contribution in [-0.2, 0) is 11.3 Å². The molecule has 0 aliphatic carbocycles. The quantitative estimate of drug-likeness (QED) is 0.613. The first kappa shape index (κ1) is 20.2. The van der Waals surface area contributed by atoms with Crippen molar-refractivity contribution >= 4 is 33.7 Å². The molecule has 0 radical (unpaired) electrons. The van der Waals surface area contributed by atoms with Crippen LogP contribution < -0.4 is 14.9 Å². The number of thiazole rings is 2. The summed E-state index contributed by atoms with van der Waals surface area (Å²) in [6.45, 7) is 1.12. The number of hydrogen-bond acceptors (Lipinski definition) is 6. The van der Waals surface area contributed by atoms with Gasteiger partial charge in [0.25, 0.3) is 0 Å². The highest BCUT2D eigenvalue weighted by Crippen LogP contribution is 2.31. The lowest BCUT2D eigenvalue weighted by Crippen LogP contribution is -2.20. The molecule has 10 heteroatoms. The minimum atomic E-state index is -2.87. The van der Waals surface area contributed by atoms with Crippen molar-refractivity contribution in [1.29, 1.82) is 0 Å². The molecule has 0 atom stereocenters. The summed E-state index contributed by atoms with van der Waals surface area (Å²) in [5.41, 5.74) is 2.22. The zero-order valence-electron chi connectivity index (χ0n) is 15.1. The molecule has 0 spiro atoms. The molecule has 0 saturated carbocycles. The Morgan fingerprint density at radius 2 is 2.00 bits per heavy atom. The van der Waals surface area contributed by atoms with Crippen LogP contribution in [0.2, 0.25) is 0 Å². The van der Waals surface area contributed by atoms with Crippen molar-refractivity contribution in [3.05, 3.63) is 49.9 Å². The van der Waals surface area contributed by atoms with Gasteiger partial charge in [-0.15, -0.1) is 11.3 Å². The van der Waals surface area contributed by atoms with Crippen LogP contribution in [0.5, 0.6) is 5.75 Å². The average Bonchev–Trinajstić information content (AvgIpc) is 3.15. The summed E-state index contributed by atoms with van der Waals surface area (Å²) in [6, 6.07) is 6.16. The van der Waals surface area contributed by atoms with Gasteiger partial charge < -0.3 is 14.6 Å². The van der Waals surface area contributed by atoms with E-state index in [0.717, 1.165) is 27.5 Å². The number of amides is 1. The van der Waals surface area contributed by atoms with E-state index in [2.05, 4.69) is 15.0 Å². The number of nitrogens with one attached hydrogen (secondary N) is 1. The Balaban J connectivity index is 1.65. The van der Waals surface area contributed by atoms with Gasteiger partial charge in [0.1, 0.15) is 5.75 Å². The van der Waals surface area contributed by atoms with Crippen LogP contribution in [0.25, 0.3) is 11.3 Å². The Kier molecular flexibility index (Phi) is 6.20. The summed E-state index contributed by atoms with van der Waals surface area (Å²) >= 11 is 2.43. The monoisotopic (exact) mass is 425 g/mol. The van der Waals surface area contributed by atoms with Gasteiger partial charge in [-0.2, -0.15) is 8.78 Å². The molecule has 0 fully saturated rings. The highest BCUT2D eigenvalue weighted by Gasteiger charge is 2.13. The van der Waals surface area contributed by atoms with Crippen molar-refractivity contribution in [1.82, 2.24) is 9.55 Å². The second-order valence-corrected chi connectivity index (χ2v) is 7.94. The number of rotatable bonds is 7. The maximum Gasteiger partial charge on any atom is 0.387 e. The van der Waals surface area contributed by atoms with Crippen LogP contribution in [0.4, 0.5) is 13.9 Å². The maximum absolute atomic E-state index is 12.2. The van der Waals surface area contributed by atoms with Crippen LogP contribution in [0, 0.1) is 13.8 Å². The van der Waals surface area contributed by atoms with Gasteiger partial charge in [0.05, 0.1) is 5.69 Å². The van der Waals surface area contributed by atoms with Crippen molar-refractivity contribution < 1.29 is 18.3 Å². The number of aromatic nitrogens is 2. The molecule has 6 nitrogen and oxygen atoms in total. The van der Waals surface area contributed by atoms with E-state index in [0.29, 0.717) is 17.4 Å². The summed E-state index contributed by atoms with van der Waals surface area (Å²) in [6.07, 6.45) is 0.158. The van der Waals surface area contributed by atoms with Crippen molar-refractivity contribution in [3.63, 3.8) is 0 Å². The number of carbonyl (C=O) groups excluding carboxylic acids is 1. The molecule has 0 aliphatic heterocycles. The number of ether oxygens (including phenoxy) is 1. The van der Waals surface area contributed by atoms with E-state index in [1.807, 2.05) is 13.8 Å². The van der Waals surface area contributed by atoms with Crippen molar-refractivity contribution in [2.75, 3.05) is 5.32 Å². The van der Waals surface area contributed by atoms with Gasteiger partial charge in [-0.05, 0) is 38.1 Å². The van der Waals surface area contributed by atoms with E-state index in [4.69, 9.17) is 0 Å². The van der Waals surface area contributed by atoms with E-state index in [1.54, 1.807) is 22.1 Å². The Morgan fingerprint density at radius 3 is 2.61 bits per heavy atom. The average molecular weight is 425 g/mol. The minimum Gasteiger partial charge on any atom is -0.435 e. The van der Waals surface area contributed by atoms with Crippen molar-refractivity contribution in [3.8, 4) is 17.0 Å². The predicted molar refractivity (Wildman–Crippen MR) is 105 cm³/mol. The zero-order chi connectivity index (χ0) is 20.3. The summed E-state index contributed by atoms with van der Waals surface area (Å²) in [5.74, 6) is -0.169. The maximum atomic E-state index is 12.2. The molecule has 0 unspecified atom stereocenters. The normalized spacial score (nSPS) is 11.0. The molecule has 3 aromatic rings. The molecular weight excluding hydrogens is 408 g/mol. The largest absolute Gasteiger partial charge is 0.435 e. The summed E-state index contributed by atoms with van der Waals surface area (Å²) in [4.78, 5) is 29.1. The summed E-state index contributed by atoms with van der Waals surface area (Å²) in [5, 5.41) is 4.95. The third-order valence-electron chi connectivity index (χ3n) is 3.93. The molecule has 0 aliphatic rings. The molecule has 3 rings (SSSR count). The molecule has 1 aromatic carbocycles. The van der Waals surface area contributed by atoms with Crippen LogP contribution in [0.15, 0.2) is 34.4 Å². The zero-order valence-corrected chi connectivity index (χ0v) is 16.7. The van der Waals surface area contributed by atoms with Crippen LogP contribution in [0.3, 0.4) is 0 Å². The Morgan fingerprint density at radius 1 is 1.29 bits per heavy atom. The predicted octanol–water partition coefficient (Wildman–Crippen LogP) is 4.28. The first-order chi connectivity index (χ1) is 13.3. The van der Waals surface area contributed by atoms with Crippen LogP contribution in [-0.4, -0.2) is 22.1 Å². The molecule has 2 heterocycles. The lowest BCUT2D eigenvalue weighted by Gasteiger charge is -2.05. The molecular formula is C18H17F2N3O3S2. The smallest absolute Gasteiger partial charge is 0.387 e. The number of anilines is 1. The van der Waals surface area contributed by atoms with E-state index >= 15 is 0 Å². The third-order valence-corrected chi connectivity index (χ3v) is 5.70. The number of benzene rings is 1. The van der Waals surface area contributed by atoms with Gasteiger partial charge in [0, 0.05) is 34.5 Å². The van der Waals surface area contributed by atoms with Gasteiger partial charge in [0.2, 0.25) is 5.91 Å². The van der Waals surface area contributed by atoms with Gasteiger partial charge in [-0.25, -0.2) is 4.98 Å².